The number of benzene rings is 1. The first-order chi connectivity index (χ1) is 12.1. The third-order valence-electron chi connectivity index (χ3n) is 3.89. The summed E-state index contributed by atoms with van der Waals surface area (Å²) in [6.45, 7) is 8.44. The quantitative estimate of drug-likeness (QED) is 0.222. The Morgan fingerprint density at radius 3 is 2.62 bits per heavy atom. The van der Waals surface area contributed by atoms with Crippen molar-refractivity contribution in [3.8, 4) is 5.75 Å². The van der Waals surface area contributed by atoms with Crippen LogP contribution in [0.15, 0.2) is 29.3 Å². The predicted octanol–water partition coefficient (Wildman–Crippen LogP) is 2.51. The molecule has 0 amide bonds. The van der Waals surface area contributed by atoms with Crippen molar-refractivity contribution in [3.63, 3.8) is 0 Å². The summed E-state index contributed by atoms with van der Waals surface area (Å²) in [5.74, 6) is 1.73. The second kappa shape index (κ2) is 15.0. The van der Waals surface area contributed by atoms with Gasteiger partial charge in [-0.3, -0.25) is 4.99 Å². The van der Waals surface area contributed by atoms with E-state index >= 15 is 0 Å². The van der Waals surface area contributed by atoms with E-state index in [-0.39, 0.29) is 30.1 Å². The summed E-state index contributed by atoms with van der Waals surface area (Å²) < 4.78 is 11.1. The number of nitrogens with zero attached hydrogens (tertiary/aromatic N) is 2. The lowest BCUT2D eigenvalue weighted by Gasteiger charge is -2.19. The van der Waals surface area contributed by atoms with Crippen molar-refractivity contribution in [1.82, 2.24) is 15.5 Å². The lowest BCUT2D eigenvalue weighted by Crippen LogP contribution is -2.42. The van der Waals surface area contributed by atoms with Crippen molar-refractivity contribution >= 4 is 29.9 Å². The maximum Gasteiger partial charge on any atom is 0.191 e. The van der Waals surface area contributed by atoms with Crippen LogP contribution in [0.25, 0.3) is 0 Å². The van der Waals surface area contributed by atoms with E-state index in [1.807, 2.05) is 18.2 Å². The monoisotopic (exact) mass is 478 g/mol. The summed E-state index contributed by atoms with van der Waals surface area (Å²) in [6.07, 6.45) is 1.11. The van der Waals surface area contributed by atoms with E-state index in [9.17, 15) is 0 Å². The van der Waals surface area contributed by atoms with Gasteiger partial charge in [-0.25, -0.2) is 0 Å². The average Bonchev–Trinajstić information content (AvgIpc) is 2.61. The fraction of sp³-hybridized carbons (Fsp3) is 0.632. The number of aliphatic imine (C=N–C) groups is 1. The summed E-state index contributed by atoms with van der Waals surface area (Å²) in [7, 11) is 5.62. The van der Waals surface area contributed by atoms with Crippen LogP contribution in [0.5, 0.6) is 5.75 Å². The molecular formula is C19H35IN4O2. The van der Waals surface area contributed by atoms with E-state index in [0.717, 1.165) is 49.9 Å². The van der Waals surface area contributed by atoms with E-state index in [2.05, 4.69) is 47.5 Å². The van der Waals surface area contributed by atoms with Crippen molar-refractivity contribution in [2.75, 3.05) is 54.0 Å². The van der Waals surface area contributed by atoms with Gasteiger partial charge in [0.1, 0.15) is 11.9 Å². The number of likely N-dealkylation sites (N-methyl/N-ethyl adjacent to an activating group) is 1. The van der Waals surface area contributed by atoms with Crippen molar-refractivity contribution in [2.24, 2.45) is 4.99 Å². The fourth-order valence-corrected chi connectivity index (χ4v) is 2.32. The fourth-order valence-electron chi connectivity index (χ4n) is 2.32. The zero-order chi connectivity index (χ0) is 18.5. The van der Waals surface area contributed by atoms with Gasteiger partial charge in [-0.1, -0.05) is 18.2 Å². The summed E-state index contributed by atoms with van der Waals surface area (Å²) in [5.41, 5.74) is 1.15. The minimum Gasteiger partial charge on any atom is -0.489 e. The number of nitrogens with one attached hydrogen (secondary N) is 2. The zero-order valence-corrected chi connectivity index (χ0v) is 19.1. The second-order valence-corrected chi connectivity index (χ2v) is 6.22. The van der Waals surface area contributed by atoms with Crippen LogP contribution in [-0.4, -0.2) is 71.0 Å². The molecule has 7 heteroatoms. The number of methoxy groups -OCH3 is 1. The standard InChI is InChI=1S/C19H34N4O2.HI/c1-16-9-6-7-10-18(16)25-17(2)15-22-19(20-3)21-11-8-12-23(4)13-14-24-5;/h6-7,9-10,17H,8,11-15H2,1-5H3,(H2,20,21,22);1H. The first-order valence-corrected chi connectivity index (χ1v) is 8.91. The second-order valence-electron chi connectivity index (χ2n) is 6.22. The van der Waals surface area contributed by atoms with Gasteiger partial charge in [0.25, 0.3) is 0 Å². The molecule has 1 atom stereocenters. The summed E-state index contributed by atoms with van der Waals surface area (Å²) >= 11 is 0. The number of rotatable bonds is 11. The lowest BCUT2D eigenvalue weighted by atomic mass is 10.2. The van der Waals surface area contributed by atoms with Gasteiger partial charge in [-0.2, -0.15) is 0 Å². The Bertz CT molecular complexity index is 514. The SMILES string of the molecule is CN=C(NCCCN(C)CCOC)NCC(C)Oc1ccccc1C.I. The molecule has 0 saturated carbocycles. The highest BCUT2D eigenvalue weighted by molar-refractivity contribution is 14.0. The number of aryl methyl sites for hydroxylation is 1. The van der Waals surface area contributed by atoms with E-state index < -0.39 is 0 Å². The highest BCUT2D eigenvalue weighted by Gasteiger charge is 2.07. The molecule has 1 rings (SSSR count). The normalized spacial score (nSPS) is 12.5. The molecule has 0 aliphatic heterocycles. The van der Waals surface area contributed by atoms with Crippen LogP contribution in [0.2, 0.25) is 0 Å². The molecule has 0 heterocycles. The predicted molar refractivity (Wildman–Crippen MR) is 120 cm³/mol. The molecule has 0 spiro atoms. The Hall–Kier alpha value is -1.06. The minimum absolute atomic E-state index is 0. The molecule has 0 aliphatic rings. The van der Waals surface area contributed by atoms with Gasteiger partial charge in [0, 0.05) is 27.2 Å². The molecular weight excluding hydrogens is 443 g/mol. The van der Waals surface area contributed by atoms with Crippen molar-refractivity contribution in [3.05, 3.63) is 29.8 Å². The van der Waals surface area contributed by atoms with E-state index in [1.54, 1.807) is 14.2 Å². The molecule has 0 saturated heterocycles. The topological polar surface area (TPSA) is 58.1 Å². The van der Waals surface area contributed by atoms with Crippen molar-refractivity contribution in [1.29, 1.82) is 0 Å². The Morgan fingerprint density at radius 2 is 1.96 bits per heavy atom. The van der Waals surface area contributed by atoms with Crippen LogP contribution < -0.4 is 15.4 Å². The van der Waals surface area contributed by atoms with Gasteiger partial charge in [0.2, 0.25) is 0 Å². The van der Waals surface area contributed by atoms with Gasteiger partial charge in [0.15, 0.2) is 5.96 Å². The molecule has 0 bridgehead atoms. The number of guanidine groups is 1. The van der Waals surface area contributed by atoms with Crippen LogP contribution >= 0.6 is 24.0 Å². The highest BCUT2D eigenvalue weighted by atomic mass is 127. The van der Waals surface area contributed by atoms with E-state index in [1.165, 1.54) is 0 Å². The van der Waals surface area contributed by atoms with Gasteiger partial charge < -0.3 is 25.0 Å². The van der Waals surface area contributed by atoms with Crippen LogP contribution in [0, 0.1) is 6.92 Å². The highest BCUT2D eigenvalue weighted by Crippen LogP contribution is 2.17. The zero-order valence-electron chi connectivity index (χ0n) is 16.7. The van der Waals surface area contributed by atoms with Gasteiger partial charge in [-0.05, 0) is 45.5 Å². The van der Waals surface area contributed by atoms with Gasteiger partial charge >= 0.3 is 0 Å². The van der Waals surface area contributed by atoms with Gasteiger partial charge in [-0.15, -0.1) is 24.0 Å². The maximum atomic E-state index is 5.97. The molecule has 1 aromatic carbocycles. The molecule has 1 unspecified atom stereocenters. The third-order valence-corrected chi connectivity index (χ3v) is 3.89. The first-order valence-electron chi connectivity index (χ1n) is 8.91. The Labute approximate surface area is 175 Å². The smallest absolute Gasteiger partial charge is 0.191 e. The van der Waals surface area contributed by atoms with Crippen LogP contribution in [0.3, 0.4) is 0 Å². The number of hydrogen-bond donors (Lipinski definition) is 2. The van der Waals surface area contributed by atoms with Crippen LogP contribution in [-0.2, 0) is 4.74 Å². The van der Waals surface area contributed by atoms with Crippen LogP contribution in [0.4, 0.5) is 0 Å². The van der Waals surface area contributed by atoms with Crippen molar-refractivity contribution in [2.45, 2.75) is 26.4 Å². The van der Waals surface area contributed by atoms with E-state index in [0.29, 0.717) is 6.54 Å². The minimum atomic E-state index is 0. The molecule has 0 radical (unpaired) electrons. The molecule has 150 valence electrons. The third kappa shape index (κ3) is 10.8. The first kappa shape index (κ1) is 24.9. The molecule has 0 fully saturated rings. The molecule has 1 aromatic rings. The summed E-state index contributed by atoms with van der Waals surface area (Å²) in [5, 5.41) is 6.65. The summed E-state index contributed by atoms with van der Waals surface area (Å²) in [6, 6.07) is 8.06. The molecule has 0 aliphatic carbocycles. The average molecular weight is 478 g/mol. The molecule has 26 heavy (non-hydrogen) atoms. The number of hydrogen-bond acceptors (Lipinski definition) is 4. The Balaban J connectivity index is 0.00000625. The number of para-hydroxylation sites is 1. The Morgan fingerprint density at radius 1 is 1.23 bits per heavy atom. The molecule has 2 N–H and O–H groups in total. The molecule has 0 aromatic heterocycles. The number of ether oxygens (including phenoxy) is 2. The van der Waals surface area contributed by atoms with Crippen molar-refractivity contribution < 1.29 is 9.47 Å². The maximum absolute atomic E-state index is 5.97. The number of halogens is 1. The van der Waals surface area contributed by atoms with Crippen LogP contribution in [0.1, 0.15) is 18.9 Å². The summed E-state index contributed by atoms with van der Waals surface area (Å²) in [4.78, 5) is 6.52. The van der Waals surface area contributed by atoms with E-state index in [4.69, 9.17) is 9.47 Å². The largest absolute Gasteiger partial charge is 0.489 e. The van der Waals surface area contributed by atoms with Gasteiger partial charge in [0.05, 0.1) is 13.2 Å². The lowest BCUT2D eigenvalue weighted by molar-refractivity contribution is 0.161. The Kier molecular flexibility index (Phi) is 14.4. The molecule has 6 nitrogen and oxygen atoms in total.